The number of amides is 1. The van der Waals surface area contributed by atoms with Crippen LogP contribution >= 0.6 is 0 Å². The van der Waals surface area contributed by atoms with Crippen molar-refractivity contribution in [3.8, 4) is 11.3 Å². The first kappa shape index (κ1) is 21.5. The third-order valence-corrected chi connectivity index (χ3v) is 6.49. The molecule has 0 aliphatic carbocycles. The van der Waals surface area contributed by atoms with Crippen LogP contribution < -0.4 is 9.80 Å². The second-order valence-electron chi connectivity index (χ2n) is 8.99. The van der Waals surface area contributed by atoms with Gasteiger partial charge in [-0.05, 0) is 56.4 Å². The van der Waals surface area contributed by atoms with Crippen LogP contribution in [0.3, 0.4) is 0 Å². The molecule has 3 aromatic heterocycles. The third kappa shape index (κ3) is 4.06. The van der Waals surface area contributed by atoms with E-state index in [9.17, 15) is 9.90 Å². The van der Waals surface area contributed by atoms with Crippen molar-refractivity contribution in [1.29, 1.82) is 0 Å². The number of aliphatic hydroxyl groups is 1. The predicted molar refractivity (Wildman–Crippen MR) is 127 cm³/mol. The number of piperidine rings is 1. The van der Waals surface area contributed by atoms with Gasteiger partial charge in [-0.2, -0.15) is 0 Å². The Bertz CT molecular complexity index is 1220. The molecule has 0 spiro atoms. The van der Waals surface area contributed by atoms with Gasteiger partial charge in [0, 0.05) is 50.2 Å². The summed E-state index contributed by atoms with van der Waals surface area (Å²) in [6, 6.07) is 4.07. The van der Waals surface area contributed by atoms with E-state index < -0.39 is 0 Å². The molecule has 0 unspecified atom stereocenters. The van der Waals surface area contributed by atoms with E-state index in [2.05, 4.69) is 32.8 Å². The number of anilines is 2. The molecular formula is C25H28N6O2. The van der Waals surface area contributed by atoms with E-state index >= 15 is 0 Å². The highest BCUT2D eigenvalue weighted by molar-refractivity contribution is 6.07. The van der Waals surface area contributed by atoms with Gasteiger partial charge in [-0.15, -0.1) is 0 Å². The maximum absolute atomic E-state index is 13.3. The highest BCUT2D eigenvalue weighted by Crippen LogP contribution is 2.30. The quantitative estimate of drug-likeness (QED) is 0.663. The molecule has 0 aromatic carbocycles. The summed E-state index contributed by atoms with van der Waals surface area (Å²) in [5.74, 6) is 1.12. The predicted octanol–water partition coefficient (Wildman–Crippen LogP) is 3.02. The summed E-state index contributed by atoms with van der Waals surface area (Å²) < 4.78 is 0. The van der Waals surface area contributed by atoms with Crippen LogP contribution in [0.15, 0.2) is 30.7 Å². The smallest absolute Gasteiger partial charge is 0.262 e. The average Bonchev–Trinajstić information content (AvgIpc) is 2.80. The van der Waals surface area contributed by atoms with Gasteiger partial charge in [0.25, 0.3) is 5.91 Å². The molecule has 0 bridgehead atoms. The van der Waals surface area contributed by atoms with E-state index in [1.807, 2.05) is 26.1 Å². The van der Waals surface area contributed by atoms with Gasteiger partial charge in [-0.3, -0.25) is 14.7 Å². The van der Waals surface area contributed by atoms with E-state index in [-0.39, 0.29) is 12.0 Å². The van der Waals surface area contributed by atoms with Crippen molar-refractivity contribution in [2.75, 3.05) is 29.4 Å². The lowest BCUT2D eigenvalue weighted by Crippen LogP contribution is -2.40. The van der Waals surface area contributed by atoms with Crippen LogP contribution in [0.1, 0.15) is 45.6 Å². The Morgan fingerprint density at radius 2 is 1.70 bits per heavy atom. The maximum atomic E-state index is 13.3. The van der Waals surface area contributed by atoms with E-state index in [0.29, 0.717) is 43.1 Å². The number of fused-ring (bicyclic) bond motifs is 1. The minimum Gasteiger partial charge on any atom is -0.393 e. The van der Waals surface area contributed by atoms with Crippen LogP contribution in [0, 0.1) is 20.8 Å². The van der Waals surface area contributed by atoms with Crippen LogP contribution in [-0.4, -0.2) is 56.7 Å². The summed E-state index contributed by atoms with van der Waals surface area (Å²) in [5, 5.41) is 9.75. The van der Waals surface area contributed by atoms with Gasteiger partial charge >= 0.3 is 0 Å². The van der Waals surface area contributed by atoms with Gasteiger partial charge in [0.15, 0.2) is 0 Å². The highest BCUT2D eigenvalue weighted by atomic mass is 16.3. The molecule has 33 heavy (non-hydrogen) atoms. The number of hydrogen-bond donors (Lipinski definition) is 1. The first-order valence-corrected chi connectivity index (χ1v) is 11.4. The lowest BCUT2D eigenvalue weighted by atomic mass is 10.0. The molecule has 8 nitrogen and oxygen atoms in total. The number of carbonyl (C=O) groups excluding carboxylic acids is 1. The zero-order valence-electron chi connectivity index (χ0n) is 19.2. The Morgan fingerprint density at radius 1 is 0.909 bits per heavy atom. The van der Waals surface area contributed by atoms with Crippen molar-refractivity contribution < 1.29 is 9.90 Å². The molecule has 1 fully saturated rings. The summed E-state index contributed by atoms with van der Waals surface area (Å²) in [7, 11) is 0. The van der Waals surface area contributed by atoms with Crippen LogP contribution in [0.5, 0.6) is 0 Å². The molecule has 170 valence electrons. The molecule has 1 N–H and O–H groups in total. The van der Waals surface area contributed by atoms with Crippen molar-refractivity contribution >= 4 is 17.7 Å². The second kappa shape index (κ2) is 8.51. The lowest BCUT2D eigenvalue weighted by Gasteiger charge is -2.31. The normalized spacial score (nSPS) is 16.8. The van der Waals surface area contributed by atoms with Crippen LogP contribution in [0.4, 0.5) is 11.8 Å². The van der Waals surface area contributed by atoms with Crippen molar-refractivity contribution in [2.45, 2.75) is 46.1 Å². The van der Waals surface area contributed by atoms with E-state index in [1.54, 1.807) is 17.3 Å². The number of nitrogens with zero attached hydrogens (tertiary/aromatic N) is 6. The second-order valence-corrected chi connectivity index (χ2v) is 8.99. The summed E-state index contributed by atoms with van der Waals surface area (Å²) in [6.45, 7) is 8.05. The van der Waals surface area contributed by atoms with E-state index in [1.165, 1.54) is 0 Å². The molecule has 0 saturated carbocycles. The van der Waals surface area contributed by atoms with Gasteiger partial charge in [0.1, 0.15) is 5.82 Å². The van der Waals surface area contributed by atoms with Crippen LogP contribution in [-0.2, 0) is 6.42 Å². The number of hydrogen-bond acceptors (Lipinski definition) is 7. The van der Waals surface area contributed by atoms with Gasteiger partial charge in [0.2, 0.25) is 5.95 Å². The topological polar surface area (TPSA) is 95.3 Å². The fourth-order valence-corrected chi connectivity index (χ4v) is 4.59. The molecule has 1 saturated heterocycles. The minimum absolute atomic E-state index is 0.132. The number of aryl methyl sites for hydroxylation is 3. The van der Waals surface area contributed by atoms with Gasteiger partial charge in [0.05, 0.1) is 23.1 Å². The Balaban J connectivity index is 1.43. The van der Waals surface area contributed by atoms with Gasteiger partial charge < -0.3 is 10.0 Å². The number of aromatic nitrogens is 4. The largest absolute Gasteiger partial charge is 0.393 e. The standard InChI is InChI=1S/C25H28N6O2/c1-15-10-16(2)23(27-12-15)19-11-22(26-13-17(19)3)31-9-6-21-20(24(31)33)14-28-25(29-21)30-7-4-18(32)5-8-30/h10-14,18,32H,4-9H2,1-3H3. The Labute approximate surface area is 193 Å². The Kier molecular flexibility index (Phi) is 5.54. The molecular weight excluding hydrogens is 416 g/mol. The zero-order chi connectivity index (χ0) is 23.1. The van der Waals surface area contributed by atoms with E-state index in [4.69, 9.17) is 4.98 Å². The maximum Gasteiger partial charge on any atom is 0.262 e. The average molecular weight is 445 g/mol. The molecule has 5 heterocycles. The van der Waals surface area contributed by atoms with Crippen molar-refractivity contribution in [3.63, 3.8) is 0 Å². The first-order chi connectivity index (χ1) is 15.9. The summed E-state index contributed by atoms with van der Waals surface area (Å²) in [4.78, 5) is 35.5. The minimum atomic E-state index is -0.250. The molecule has 0 atom stereocenters. The third-order valence-electron chi connectivity index (χ3n) is 6.49. The monoisotopic (exact) mass is 444 g/mol. The summed E-state index contributed by atoms with van der Waals surface area (Å²) >= 11 is 0. The highest BCUT2D eigenvalue weighted by Gasteiger charge is 2.30. The molecule has 5 rings (SSSR count). The van der Waals surface area contributed by atoms with E-state index in [0.717, 1.165) is 46.7 Å². The molecule has 8 heteroatoms. The zero-order valence-corrected chi connectivity index (χ0v) is 19.2. The number of carbonyl (C=O) groups is 1. The Hall–Kier alpha value is -3.39. The number of rotatable bonds is 3. The lowest BCUT2D eigenvalue weighted by molar-refractivity contribution is 0.0978. The van der Waals surface area contributed by atoms with Gasteiger partial charge in [-0.25, -0.2) is 15.0 Å². The molecule has 2 aliphatic heterocycles. The van der Waals surface area contributed by atoms with Crippen LogP contribution in [0.25, 0.3) is 11.3 Å². The van der Waals surface area contributed by atoms with Crippen molar-refractivity contribution in [1.82, 2.24) is 19.9 Å². The molecule has 3 aromatic rings. The summed E-state index contributed by atoms with van der Waals surface area (Å²) in [6.07, 6.45) is 7.12. The molecule has 0 radical (unpaired) electrons. The fraction of sp³-hybridized carbons (Fsp3) is 0.400. The molecule has 1 amide bonds. The van der Waals surface area contributed by atoms with Gasteiger partial charge in [-0.1, -0.05) is 6.07 Å². The summed E-state index contributed by atoms with van der Waals surface area (Å²) in [5.41, 5.74) is 6.41. The fourth-order valence-electron chi connectivity index (χ4n) is 4.59. The molecule has 2 aliphatic rings. The number of pyridine rings is 2. The van der Waals surface area contributed by atoms with Crippen LogP contribution in [0.2, 0.25) is 0 Å². The number of aliphatic hydroxyl groups excluding tert-OH is 1. The van der Waals surface area contributed by atoms with Crippen molar-refractivity contribution in [2.24, 2.45) is 0 Å². The van der Waals surface area contributed by atoms with Crippen molar-refractivity contribution in [3.05, 3.63) is 58.7 Å². The SMILES string of the molecule is Cc1cnc(-c2cc(N3CCc4nc(N5CCC(O)CC5)ncc4C3=O)ncc2C)c(C)c1. The first-order valence-electron chi connectivity index (χ1n) is 11.4. The Morgan fingerprint density at radius 3 is 2.45 bits per heavy atom.